The Morgan fingerprint density at radius 1 is 0.885 bits per heavy atom. The van der Waals surface area contributed by atoms with Gasteiger partial charge in [0.2, 0.25) is 5.88 Å². The second-order valence-electron chi connectivity index (χ2n) is 4.99. The molecule has 3 nitrogen and oxygen atoms in total. The summed E-state index contributed by atoms with van der Waals surface area (Å²) in [6, 6.07) is 9.40. The second kappa shape index (κ2) is 7.28. The van der Waals surface area contributed by atoms with Gasteiger partial charge in [-0.05, 0) is 42.5 Å². The molecule has 0 N–H and O–H groups in total. The molecule has 2 aromatic carbocycles. The third-order valence-corrected chi connectivity index (χ3v) is 4.06. The van der Waals surface area contributed by atoms with E-state index in [4.69, 9.17) is 4.74 Å². The van der Waals surface area contributed by atoms with Gasteiger partial charge >= 0.3 is 6.18 Å². The normalized spacial score (nSPS) is 11.4. The summed E-state index contributed by atoms with van der Waals surface area (Å²) in [6.07, 6.45) is -3.66. The van der Waals surface area contributed by atoms with Gasteiger partial charge in [0.1, 0.15) is 28.7 Å². The number of halogens is 5. The van der Waals surface area contributed by atoms with Gasteiger partial charge in [-0.1, -0.05) is 11.8 Å². The van der Waals surface area contributed by atoms with Crippen LogP contribution < -0.4 is 4.74 Å². The summed E-state index contributed by atoms with van der Waals surface area (Å²) in [7, 11) is 0. The SMILES string of the molecule is Fc1ccc(Sc2cc(Oc3ccc(F)c(C(F)(F)F)c3)ncn2)cc1. The lowest BCUT2D eigenvalue weighted by Crippen LogP contribution is -2.08. The molecule has 134 valence electrons. The molecule has 0 unspecified atom stereocenters. The van der Waals surface area contributed by atoms with Crippen LogP contribution in [0.5, 0.6) is 11.6 Å². The average molecular weight is 384 g/mol. The van der Waals surface area contributed by atoms with Crippen molar-refractivity contribution in [1.29, 1.82) is 0 Å². The highest BCUT2D eigenvalue weighted by molar-refractivity contribution is 7.99. The zero-order valence-corrected chi connectivity index (χ0v) is 13.6. The summed E-state index contributed by atoms with van der Waals surface area (Å²) in [5.74, 6) is -1.99. The van der Waals surface area contributed by atoms with Gasteiger partial charge in [0.25, 0.3) is 0 Å². The van der Waals surface area contributed by atoms with E-state index in [1.807, 2.05) is 0 Å². The average Bonchev–Trinajstić information content (AvgIpc) is 2.58. The number of aromatic nitrogens is 2. The monoisotopic (exact) mass is 384 g/mol. The lowest BCUT2D eigenvalue weighted by atomic mass is 10.2. The molecule has 0 saturated carbocycles. The first kappa shape index (κ1) is 18.1. The van der Waals surface area contributed by atoms with E-state index in [0.717, 1.165) is 6.07 Å². The molecule has 3 aromatic rings. The molecule has 0 amide bonds. The fourth-order valence-electron chi connectivity index (χ4n) is 1.96. The fourth-order valence-corrected chi connectivity index (χ4v) is 2.74. The summed E-state index contributed by atoms with van der Waals surface area (Å²) >= 11 is 1.19. The zero-order chi connectivity index (χ0) is 18.7. The molecule has 0 fully saturated rings. The standard InChI is InChI=1S/C17H9F5N2OS/c18-10-1-4-12(5-2-10)26-16-8-15(23-9-24-16)25-11-3-6-14(19)13(7-11)17(20,21)22/h1-9H. The maximum atomic E-state index is 13.3. The van der Waals surface area contributed by atoms with E-state index in [-0.39, 0.29) is 17.4 Å². The number of rotatable bonds is 4. The lowest BCUT2D eigenvalue weighted by Gasteiger charge is -2.11. The largest absolute Gasteiger partial charge is 0.439 e. The van der Waals surface area contributed by atoms with Crippen LogP contribution >= 0.6 is 11.8 Å². The first-order valence-corrected chi connectivity index (χ1v) is 7.93. The van der Waals surface area contributed by atoms with Crippen LogP contribution in [0.25, 0.3) is 0 Å². The fraction of sp³-hybridized carbons (Fsp3) is 0.0588. The van der Waals surface area contributed by atoms with Gasteiger partial charge in [-0.3, -0.25) is 0 Å². The Morgan fingerprint density at radius 3 is 2.31 bits per heavy atom. The maximum Gasteiger partial charge on any atom is 0.419 e. The Bertz CT molecular complexity index is 916. The van der Waals surface area contributed by atoms with E-state index in [0.29, 0.717) is 22.1 Å². The summed E-state index contributed by atoms with van der Waals surface area (Å²) in [5, 5.41) is 0.444. The molecule has 0 saturated heterocycles. The maximum absolute atomic E-state index is 13.3. The number of hydrogen-bond acceptors (Lipinski definition) is 4. The molecule has 9 heteroatoms. The van der Waals surface area contributed by atoms with Gasteiger partial charge in [0.15, 0.2) is 0 Å². The van der Waals surface area contributed by atoms with Crippen LogP contribution in [0.4, 0.5) is 22.0 Å². The first-order chi connectivity index (χ1) is 12.3. The van der Waals surface area contributed by atoms with Crippen LogP contribution in [-0.2, 0) is 6.18 Å². The number of hydrogen-bond donors (Lipinski definition) is 0. The highest BCUT2D eigenvalue weighted by Crippen LogP contribution is 2.35. The van der Waals surface area contributed by atoms with Crippen LogP contribution in [0.3, 0.4) is 0 Å². The first-order valence-electron chi connectivity index (χ1n) is 7.11. The van der Waals surface area contributed by atoms with Crippen molar-refractivity contribution in [2.45, 2.75) is 16.1 Å². The van der Waals surface area contributed by atoms with Gasteiger partial charge in [-0.25, -0.2) is 18.7 Å². The van der Waals surface area contributed by atoms with E-state index < -0.39 is 17.6 Å². The van der Waals surface area contributed by atoms with E-state index in [9.17, 15) is 22.0 Å². The minimum Gasteiger partial charge on any atom is -0.439 e. The highest BCUT2D eigenvalue weighted by Gasteiger charge is 2.34. The van der Waals surface area contributed by atoms with Crippen molar-refractivity contribution in [1.82, 2.24) is 9.97 Å². The lowest BCUT2D eigenvalue weighted by molar-refractivity contribution is -0.140. The molecular formula is C17H9F5N2OS. The van der Waals surface area contributed by atoms with Crippen molar-refractivity contribution in [2.24, 2.45) is 0 Å². The molecule has 0 bridgehead atoms. The Kier molecular flexibility index (Phi) is 5.08. The Labute approximate surface area is 148 Å². The highest BCUT2D eigenvalue weighted by atomic mass is 32.2. The van der Waals surface area contributed by atoms with E-state index in [1.54, 1.807) is 12.1 Å². The Morgan fingerprint density at radius 2 is 1.62 bits per heavy atom. The summed E-state index contributed by atoms with van der Waals surface area (Å²) in [6.45, 7) is 0. The smallest absolute Gasteiger partial charge is 0.419 e. The molecule has 0 spiro atoms. The van der Waals surface area contributed by atoms with Gasteiger partial charge < -0.3 is 4.74 Å². The topological polar surface area (TPSA) is 35.0 Å². The predicted octanol–water partition coefficient (Wildman–Crippen LogP) is 5.72. The minimum absolute atomic E-state index is 0.00987. The van der Waals surface area contributed by atoms with Crippen LogP contribution in [0, 0.1) is 11.6 Å². The van der Waals surface area contributed by atoms with Crippen LogP contribution in [0.1, 0.15) is 5.56 Å². The van der Waals surface area contributed by atoms with Gasteiger partial charge in [-0.2, -0.15) is 13.2 Å². The third kappa shape index (κ3) is 4.48. The van der Waals surface area contributed by atoms with Crippen molar-refractivity contribution < 1.29 is 26.7 Å². The van der Waals surface area contributed by atoms with Crippen molar-refractivity contribution >= 4 is 11.8 Å². The van der Waals surface area contributed by atoms with Crippen LogP contribution in [0.15, 0.2) is 64.8 Å². The van der Waals surface area contributed by atoms with Crippen LogP contribution in [-0.4, -0.2) is 9.97 Å². The van der Waals surface area contributed by atoms with Crippen molar-refractivity contribution in [3.05, 3.63) is 72.1 Å². The number of alkyl halides is 3. The molecule has 1 aromatic heterocycles. The molecule has 3 rings (SSSR count). The van der Waals surface area contributed by atoms with Gasteiger partial charge in [0, 0.05) is 11.0 Å². The molecule has 0 aliphatic rings. The van der Waals surface area contributed by atoms with Crippen molar-refractivity contribution in [3.8, 4) is 11.6 Å². The van der Waals surface area contributed by atoms with Crippen molar-refractivity contribution in [2.75, 3.05) is 0 Å². The minimum atomic E-state index is -4.83. The van der Waals surface area contributed by atoms with Gasteiger partial charge in [0.05, 0.1) is 5.56 Å². The molecule has 0 aliphatic carbocycles. The summed E-state index contributed by atoms with van der Waals surface area (Å²) < 4.78 is 69.8. The Balaban J connectivity index is 1.80. The molecule has 1 heterocycles. The third-order valence-electron chi connectivity index (χ3n) is 3.12. The van der Waals surface area contributed by atoms with Crippen LogP contribution in [0.2, 0.25) is 0 Å². The molecule has 0 radical (unpaired) electrons. The van der Waals surface area contributed by atoms with E-state index in [1.165, 1.54) is 36.3 Å². The molecule has 0 aliphatic heterocycles. The molecular weight excluding hydrogens is 375 g/mol. The molecule has 0 atom stereocenters. The second-order valence-corrected chi connectivity index (χ2v) is 6.09. The van der Waals surface area contributed by atoms with E-state index >= 15 is 0 Å². The Hall–Kier alpha value is -2.68. The summed E-state index contributed by atoms with van der Waals surface area (Å²) in [5.41, 5.74) is -1.43. The number of ether oxygens (including phenoxy) is 1. The predicted molar refractivity (Wildman–Crippen MR) is 84.0 cm³/mol. The molecule has 26 heavy (non-hydrogen) atoms. The number of benzene rings is 2. The van der Waals surface area contributed by atoms with Crippen molar-refractivity contribution in [3.63, 3.8) is 0 Å². The zero-order valence-electron chi connectivity index (χ0n) is 12.8. The summed E-state index contributed by atoms with van der Waals surface area (Å²) in [4.78, 5) is 8.54. The quantitative estimate of drug-likeness (QED) is 0.426. The van der Waals surface area contributed by atoms with Gasteiger partial charge in [-0.15, -0.1) is 0 Å². The number of nitrogens with zero attached hydrogens (tertiary/aromatic N) is 2. The van der Waals surface area contributed by atoms with E-state index in [2.05, 4.69) is 9.97 Å².